The van der Waals surface area contributed by atoms with Gasteiger partial charge < -0.3 is 25.2 Å². The second-order valence-corrected chi connectivity index (χ2v) is 4.37. The summed E-state index contributed by atoms with van der Waals surface area (Å²) in [5.41, 5.74) is -0.225. The van der Waals surface area contributed by atoms with Crippen LogP contribution in [0.25, 0.3) is 0 Å². The van der Waals surface area contributed by atoms with Crippen molar-refractivity contribution < 1.29 is 19.4 Å². The van der Waals surface area contributed by atoms with Crippen LogP contribution < -0.4 is 10.6 Å². The molecule has 0 aromatic heterocycles. The topological polar surface area (TPSA) is 79.8 Å². The van der Waals surface area contributed by atoms with Crippen molar-refractivity contribution in [1.82, 2.24) is 10.6 Å². The highest BCUT2D eigenvalue weighted by molar-refractivity contribution is 5.73. The van der Waals surface area contributed by atoms with E-state index in [0.29, 0.717) is 32.9 Å². The van der Waals surface area contributed by atoms with E-state index >= 15 is 0 Å². The van der Waals surface area contributed by atoms with Crippen LogP contribution in [0.15, 0.2) is 0 Å². The highest BCUT2D eigenvalue weighted by Crippen LogP contribution is 2.28. The molecule has 0 bridgehead atoms. The molecule has 1 heterocycles. The highest BCUT2D eigenvalue weighted by Gasteiger charge is 2.32. The molecular weight excluding hydrogens is 224 g/mol. The van der Waals surface area contributed by atoms with Crippen LogP contribution in [-0.4, -0.2) is 57.8 Å². The van der Waals surface area contributed by atoms with Gasteiger partial charge in [0, 0.05) is 38.8 Å². The molecule has 0 saturated carbocycles. The summed E-state index contributed by atoms with van der Waals surface area (Å²) in [6.07, 6.45) is 1.56. The van der Waals surface area contributed by atoms with Gasteiger partial charge in [-0.25, -0.2) is 4.79 Å². The summed E-state index contributed by atoms with van der Waals surface area (Å²) in [5, 5.41) is 14.9. The van der Waals surface area contributed by atoms with E-state index in [-0.39, 0.29) is 18.1 Å². The van der Waals surface area contributed by atoms with Gasteiger partial charge in [-0.1, -0.05) is 0 Å². The van der Waals surface area contributed by atoms with Gasteiger partial charge in [-0.2, -0.15) is 0 Å². The maximum atomic E-state index is 11.4. The van der Waals surface area contributed by atoms with Gasteiger partial charge >= 0.3 is 6.03 Å². The summed E-state index contributed by atoms with van der Waals surface area (Å²) < 4.78 is 10.1. The average molecular weight is 246 g/mol. The third kappa shape index (κ3) is 4.89. The van der Waals surface area contributed by atoms with Crippen molar-refractivity contribution >= 4 is 6.03 Å². The first-order valence-electron chi connectivity index (χ1n) is 5.92. The fourth-order valence-corrected chi connectivity index (χ4v) is 1.79. The zero-order chi connectivity index (χ0) is 12.6. The molecule has 100 valence electrons. The fraction of sp³-hybridized carbons (Fsp3) is 0.909. The molecule has 1 rings (SSSR count). The van der Waals surface area contributed by atoms with Crippen molar-refractivity contribution in [3.63, 3.8) is 0 Å². The normalized spacial score (nSPS) is 18.7. The molecule has 1 saturated heterocycles. The number of aliphatic hydroxyl groups is 1. The lowest BCUT2D eigenvalue weighted by atomic mass is 9.81. The Morgan fingerprint density at radius 3 is 2.71 bits per heavy atom. The number of aliphatic hydroxyl groups excluding tert-OH is 1. The first-order chi connectivity index (χ1) is 8.22. The molecule has 1 fully saturated rings. The van der Waals surface area contributed by atoms with E-state index in [4.69, 9.17) is 9.47 Å². The molecule has 6 heteroatoms. The molecule has 0 aliphatic carbocycles. The van der Waals surface area contributed by atoms with Crippen molar-refractivity contribution in [3.05, 3.63) is 0 Å². The largest absolute Gasteiger partial charge is 0.396 e. The minimum absolute atomic E-state index is 0.0781. The standard InChI is InChI=1S/C11H22N2O4/c1-16-7-4-12-10(15)13-8-11(9-14)2-5-17-6-3-11/h14H,2-9H2,1H3,(H2,12,13,15). The van der Waals surface area contributed by atoms with Gasteiger partial charge in [0.25, 0.3) is 0 Å². The van der Waals surface area contributed by atoms with Gasteiger partial charge in [0.2, 0.25) is 0 Å². The summed E-state index contributed by atoms with van der Waals surface area (Å²) >= 11 is 0. The molecule has 0 atom stereocenters. The average Bonchev–Trinajstić information content (AvgIpc) is 2.38. The van der Waals surface area contributed by atoms with E-state index in [1.807, 2.05) is 0 Å². The first kappa shape index (κ1) is 14.2. The van der Waals surface area contributed by atoms with Gasteiger partial charge in [0.15, 0.2) is 0 Å². The van der Waals surface area contributed by atoms with E-state index in [9.17, 15) is 9.90 Å². The predicted molar refractivity (Wildman–Crippen MR) is 62.8 cm³/mol. The van der Waals surface area contributed by atoms with Crippen LogP contribution in [-0.2, 0) is 9.47 Å². The molecule has 1 aliphatic heterocycles. The van der Waals surface area contributed by atoms with Crippen molar-refractivity contribution in [2.24, 2.45) is 5.41 Å². The van der Waals surface area contributed by atoms with E-state index in [1.54, 1.807) is 7.11 Å². The number of carbonyl (C=O) groups is 1. The lowest BCUT2D eigenvalue weighted by Crippen LogP contribution is -2.47. The lowest BCUT2D eigenvalue weighted by Gasteiger charge is -2.35. The molecule has 0 aromatic rings. The Morgan fingerprint density at radius 1 is 1.41 bits per heavy atom. The Kier molecular flexibility index (Phi) is 6.25. The summed E-state index contributed by atoms with van der Waals surface area (Å²) in [4.78, 5) is 11.4. The monoisotopic (exact) mass is 246 g/mol. The molecule has 17 heavy (non-hydrogen) atoms. The minimum atomic E-state index is -0.225. The van der Waals surface area contributed by atoms with E-state index < -0.39 is 0 Å². The number of methoxy groups -OCH3 is 1. The van der Waals surface area contributed by atoms with Crippen molar-refractivity contribution in [3.8, 4) is 0 Å². The quantitative estimate of drug-likeness (QED) is 0.563. The van der Waals surface area contributed by atoms with Crippen LogP contribution in [0.5, 0.6) is 0 Å². The van der Waals surface area contributed by atoms with E-state index in [0.717, 1.165) is 12.8 Å². The molecule has 0 spiro atoms. The molecule has 3 N–H and O–H groups in total. The van der Waals surface area contributed by atoms with Gasteiger partial charge in [0.1, 0.15) is 0 Å². The Balaban J connectivity index is 2.24. The number of carbonyl (C=O) groups excluding carboxylic acids is 1. The van der Waals surface area contributed by atoms with Gasteiger partial charge in [0.05, 0.1) is 13.2 Å². The summed E-state index contributed by atoms with van der Waals surface area (Å²) in [7, 11) is 1.59. The smallest absolute Gasteiger partial charge is 0.314 e. The third-order valence-electron chi connectivity index (χ3n) is 3.10. The number of nitrogens with one attached hydrogen (secondary N) is 2. The Labute approximate surface area is 102 Å². The van der Waals surface area contributed by atoms with Crippen LogP contribution in [0.2, 0.25) is 0 Å². The number of rotatable bonds is 6. The Morgan fingerprint density at radius 2 is 2.12 bits per heavy atom. The Bertz CT molecular complexity index is 230. The summed E-state index contributed by atoms with van der Waals surface area (Å²) in [5.74, 6) is 0. The van der Waals surface area contributed by atoms with Crippen LogP contribution in [0.4, 0.5) is 4.79 Å². The van der Waals surface area contributed by atoms with Gasteiger partial charge in [-0.3, -0.25) is 0 Å². The molecule has 0 radical (unpaired) electrons. The fourth-order valence-electron chi connectivity index (χ4n) is 1.79. The molecular formula is C11H22N2O4. The lowest BCUT2D eigenvalue weighted by molar-refractivity contribution is -0.0138. The second kappa shape index (κ2) is 7.47. The number of ether oxygens (including phenoxy) is 2. The van der Waals surface area contributed by atoms with E-state index in [2.05, 4.69) is 10.6 Å². The number of urea groups is 1. The second-order valence-electron chi connectivity index (χ2n) is 4.37. The summed E-state index contributed by atoms with van der Waals surface area (Å²) in [6.45, 7) is 2.82. The van der Waals surface area contributed by atoms with Crippen molar-refractivity contribution in [2.75, 3.05) is 46.6 Å². The molecule has 6 nitrogen and oxygen atoms in total. The van der Waals surface area contributed by atoms with Crippen LogP contribution >= 0.6 is 0 Å². The highest BCUT2D eigenvalue weighted by atomic mass is 16.5. The van der Waals surface area contributed by atoms with Crippen molar-refractivity contribution in [2.45, 2.75) is 12.8 Å². The van der Waals surface area contributed by atoms with E-state index in [1.165, 1.54) is 0 Å². The molecule has 1 aliphatic rings. The number of amides is 2. The maximum absolute atomic E-state index is 11.4. The third-order valence-corrected chi connectivity index (χ3v) is 3.10. The summed E-state index contributed by atoms with van der Waals surface area (Å²) in [6, 6.07) is -0.221. The zero-order valence-corrected chi connectivity index (χ0v) is 10.3. The zero-order valence-electron chi connectivity index (χ0n) is 10.3. The number of hydrogen-bond donors (Lipinski definition) is 3. The predicted octanol–water partition coefficient (Wildman–Crippen LogP) is -0.279. The SMILES string of the molecule is COCCNC(=O)NCC1(CO)CCOCC1. The first-order valence-corrected chi connectivity index (χ1v) is 5.92. The van der Waals surface area contributed by atoms with Crippen LogP contribution in [0.1, 0.15) is 12.8 Å². The maximum Gasteiger partial charge on any atom is 0.314 e. The molecule has 0 unspecified atom stereocenters. The Hall–Kier alpha value is -0.850. The van der Waals surface area contributed by atoms with Gasteiger partial charge in [-0.15, -0.1) is 0 Å². The van der Waals surface area contributed by atoms with Crippen LogP contribution in [0, 0.1) is 5.41 Å². The molecule has 0 aromatic carbocycles. The molecule has 2 amide bonds. The minimum Gasteiger partial charge on any atom is -0.396 e. The van der Waals surface area contributed by atoms with Crippen molar-refractivity contribution in [1.29, 1.82) is 0 Å². The number of hydrogen-bond acceptors (Lipinski definition) is 4. The van der Waals surface area contributed by atoms with Gasteiger partial charge in [-0.05, 0) is 12.8 Å². The van der Waals surface area contributed by atoms with Crippen LogP contribution in [0.3, 0.4) is 0 Å².